The summed E-state index contributed by atoms with van der Waals surface area (Å²) >= 11 is 0. The summed E-state index contributed by atoms with van der Waals surface area (Å²) < 4.78 is 10.5. The van der Waals surface area contributed by atoms with E-state index in [0.717, 1.165) is 30.0 Å². The predicted octanol–water partition coefficient (Wildman–Crippen LogP) is 2.28. The summed E-state index contributed by atoms with van der Waals surface area (Å²) in [5.74, 6) is 1.54. The van der Waals surface area contributed by atoms with Crippen LogP contribution in [-0.4, -0.2) is 36.8 Å². The molecule has 21 heavy (non-hydrogen) atoms. The monoisotopic (exact) mass is 287 g/mol. The third kappa shape index (κ3) is 4.81. The normalized spacial score (nSPS) is 10.6. The summed E-state index contributed by atoms with van der Waals surface area (Å²) in [7, 11) is 1.69. The van der Waals surface area contributed by atoms with Crippen molar-refractivity contribution in [2.24, 2.45) is 0 Å². The first-order valence-corrected chi connectivity index (χ1v) is 7.07. The first-order chi connectivity index (χ1) is 10.3. The summed E-state index contributed by atoms with van der Waals surface area (Å²) in [5.41, 5.74) is 2.01. The zero-order valence-corrected chi connectivity index (χ0v) is 12.5. The number of benzene rings is 1. The highest BCUT2D eigenvalue weighted by Crippen LogP contribution is 2.20. The zero-order valence-electron chi connectivity index (χ0n) is 12.5. The van der Waals surface area contributed by atoms with E-state index in [9.17, 15) is 0 Å². The molecule has 0 saturated heterocycles. The Morgan fingerprint density at radius 2 is 2.00 bits per heavy atom. The Kier molecular flexibility index (Phi) is 6.12. The van der Waals surface area contributed by atoms with Crippen LogP contribution in [0.4, 0.5) is 0 Å². The summed E-state index contributed by atoms with van der Waals surface area (Å²) in [6.45, 7) is 4.87. The number of nitrogens with zero attached hydrogens (tertiary/aromatic N) is 2. The van der Waals surface area contributed by atoms with Crippen LogP contribution >= 0.6 is 0 Å². The van der Waals surface area contributed by atoms with Crippen molar-refractivity contribution in [2.75, 3.05) is 26.9 Å². The predicted molar refractivity (Wildman–Crippen MR) is 82.2 cm³/mol. The molecule has 0 amide bonds. The van der Waals surface area contributed by atoms with Crippen molar-refractivity contribution in [3.05, 3.63) is 42.2 Å². The highest BCUT2D eigenvalue weighted by molar-refractivity contribution is 5.57. The van der Waals surface area contributed by atoms with E-state index in [2.05, 4.69) is 15.3 Å². The fourth-order valence-corrected chi connectivity index (χ4v) is 1.89. The third-order valence-electron chi connectivity index (χ3n) is 2.92. The van der Waals surface area contributed by atoms with Crippen LogP contribution in [0.25, 0.3) is 11.4 Å². The minimum atomic E-state index is 0.649. The molecule has 0 aliphatic heterocycles. The van der Waals surface area contributed by atoms with Gasteiger partial charge in [0.25, 0.3) is 0 Å². The third-order valence-corrected chi connectivity index (χ3v) is 2.92. The standard InChI is InChI=1S/C16H21N3O2/c1-3-21-15-6-4-5-14(9-15)16-18-11-13(12-19-16)10-17-7-8-20-2/h4-6,9,11-12,17H,3,7-8,10H2,1-2H3. The highest BCUT2D eigenvalue weighted by Gasteiger charge is 2.03. The molecule has 0 saturated carbocycles. The lowest BCUT2D eigenvalue weighted by Gasteiger charge is -2.06. The first-order valence-electron chi connectivity index (χ1n) is 7.07. The first kappa shape index (κ1) is 15.4. The van der Waals surface area contributed by atoms with Gasteiger partial charge in [-0.3, -0.25) is 0 Å². The molecule has 0 aliphatic carbocycles. The molecular formula is C16H21N3O2. The van der Waals surface area contributed by atoms with E-state index in [1.54, 1.807) is 7.11 Å². The number of hydrogen-bond acceptors (Lipinski definition) is 5. The van der Waals surface area contributed by atoms with Crippen molar-refractivity contribution in [1.82, 2.24) is 15.3 Å². The summed E-state index contributed by atoms with van der Waals surface area (Å²) in [6.07, 6.45) is 3.69. The second-order valence-electron chi connectivity index (χ2n) is 4.55. The Labute approximate surface area is 125 Å². The van der Waals surface area contributed by atoms with E-state index in [1.807, 2.05) is 43.6 Å². The average molecular weight is 287 g/mol. The lowest BCUT2D eigenvalue weighted by Crippen LogP contribution is -2.18. The van der Waals surface area contributed by atoms with Crippen LogP contribution in [0.2, 0.25) is 0 Å². The van der Waals surface area contributed by atoms with Crippen LogP contribution in [0.5, 0.6) is 5.75 Å². The summed E-state index contributed by atoms with van der Waals surface area (Å²) in [6, 6.07) is 7.81. The number of nitrogens with one attached hydrogen (secondary N) is 1. The molecule has 1 heterocycles. The maximum absolute atomic E-state index is 5.49. The summed E-state index contributed by atoms with van der Waals surface area (Å²) in [5, 5.41) is 3.26. The Balaban J connectivity index is 1.99. The van der Waals surface area contributed by atoms with Gasteiger partial charge in [-0.05, 0) is 19.1 Å². The van der Waals surface area contributed by atoms with Gasteiger partial charge in [0.1, 0.15) is 5.75 Å². The molecule has 2 rings (SSSR count). The van der Waals surface area contributed by atoms with Crippen LogP contribution in [0, 0.1) is 0 Å². The fraction of sp³-hybridized carbons (Fsp3) is 0.375. The van der Waals surface area contributed by atoms with Crippen LogP contribution in [0.15, 0.2) is 36.7 Å². The molecule has 5 heteroatoms. The van der Waals surface area contributed by atoms with E-state index >= 15 is 0 Å². The van der Waals surface area contributed by atoms with Gasteiger partial charge in [0.2, 0.25) is 0 Å². The molecule has 1 aromatic heterocycles. The van der Waals surface area contributed by atoms with Crippen molar-refractivity contribution in [3.8, 4) is 17.1 Å². The molecule has 112 valence electrons. The number of methoxy groups -OCH3 is 1. The SMILES string of the molecule is CCOc1cccc(-c2ncc(CNCCOC)cn2)c1. The zero-order chi connectivity index (χ0) is 14.9. The Hall–Kier alpha value is -1.98. The second-order valence-corrected chi connectivity index (χ2v) is 4.55. The van der Waals surface area contributed by atoms with E-state index in [0.29, 0.717) is 19.0 Å². The van der Waals surface area contributed by atoms with Crippen molar-refractivity contribution >= 4 is 0 Å². The maximum Gasteiger partial charge on any atom is 0.159 e. The molecular weight excluding hydrogens is 266 g/mol. The quantitative estimate of drug-likeness (QED) is 0.755. The molecule has 1 N–H and O–H groups in total. The molecule has 2 aromatic rings. The van der Waals surface area contributed by atoms with E-state index < -0.39 is 0 Å². The number of aromatic nitrogens is 2. The minimum Gasteiger partial charge on any atom is -0.494 e. The Morgan fingerprint density at radius 1 is 1.19 bits per heavy atom. The van der Waals surface area contributed by atoms with Gasteiger partial charge >= 0.3 is 0 Å². The molecule has 0 unspecified atom stereocenters. The van der Waals surface area contributed by atoms with Crippen LogP contribution < -0.4 is 10.1 Å². The molecule has 1 aromatic carbocycles. The van der Waals surface area contributed by atoms with Crippen LogP contribution in [0.3, 0.4) is 0 Å². The maximum atomic E-state index is 5.49. The molecule has 0 radical (unpaired) electrons. The molecule has 0 aliphatic rings. The van der Waals surface area contributed by atoms with Crippen molar-refractivity contribution < 1.29 is 9.47 Å². The number of ether oxygens (including phenoxy) is 2. The van der Waals surface area contributed by atoms with Gasteiger partial charge in [-0.1, -0.05) is 12.1 Å². The van der Waals surface area contributed by atoms with E-state index in [4.69, 9.17) is 9.47 Å². The smallest absolute Gasteiger partial charge is 0.159 e. The van der Waals surface area contributed by atoms with Gasteiger partial charge in [-0.15, -0.1) is 0 Å². The van der Waals surface area contributed by atoms with Crippen molar-refractivity contribution in [1.29, 1.82) is 0 Å². The topological polar surface area (TPSA) is 56.3 Å². The lowest BCUT2D eigenvalue weighted by molar-refractivity contribution is 0.199. The highest BCUT2D eigenvalue weighted by atomic mass is 16.5. The number of rotatable bonds is 8. The molecule has 0 fully saturated rings. The molecule has 0 bridgehead atoms. The lowest BCUT2D eigenvalue weighted by atomic mass is 10.2. The molecule has 0 atom stereocenters. The largest absolute Gasteiger partial charge is 0.494 e. The van der Waals surface area contributed by atoms with E-state index in [1.165, 1.54) is 0 Å². The number of hydrogen-bond donors (Lipinski definition) is 1. The van der Waals surface area contributed by atoms with Crippen molar-refractivity contribution in [3.63, 3.8) is 0 Å². The minimum absolute atomic E-state index is 0.649. The van der Waals surface area contributed by atoms with Crippen LogP contribution in [-0.2, 0) is 11.3 Å². The second kappa shape index (κ2) is 8.34. The summed E-state index contributed by atoms with van der Waals surface area (Å²) in [4.78, 5) is 8.82. The molecule has 0 spiro atoms. The Bertz CT molecular complexity index is 543. The van der Waals surface area contributed by atoms with Gasteiger partial charge in [0.05, 0.1) is 13.2 Å². The van der Waals surface area contributed by atoms with Crippen molar-refractivity contribution in [2.45, 2.75) is 13.5 Å². The van der Waals surface area contributed by atoms with Gasteiger partial charge in [-0.25, -0.2) is 9.97 Å². The van der Waals surface area contributed by atoms with E-state index in [-0.39, 0.29) is 0 Å². The molecule has 5 nitrogen and oxygen atoms in total. The van der Waals surface area contributed by atoms with Gasteiger partial charge in [0.15, 0.2) is 5.82 Å². The van der Waals surface area contributed by atoms with Gasteiger partial charge in [-0.2, -0.15) is 0 Å². The van der Waals surface area contributed by atoms with Gasteiger partial charge < -0.3 is 14.8 Å². The average Bonchev–Trinajstić information content (AvgIpc) is 2.53. The van der Waals surface area contributed by atoms with Crippen LogP contribution in [0.1, 0.15) is 12.5 Å². The Morgan fingerprint density at radius 3 is 2.71 bits per heavy atom. The van der Waals surface area contributed by atoms with Gasteiger partial charge in [0, 0.05) is 43.7 Å². The fourth-order valence-electron chi connectivity index (χ4n) is 1.89.